The molecule has 4 heteroatoms. The van der Waals surface area contributed by atoms with E-state index in [0.717, 1.165) is 18.2 Å². The van der Waals surface area contributed by atoms with E-state index in [1.807, 2.05) is 0 Å². The molecule has 0 atom stereocenters. The van der Waals surface area contributed by atoms with Crippen molar-refractivity contribution >= 4 is 22.8 Å². The third-order valence-electron chi connectivity index (χ3n) is 2.80. The number of rotatable bonds is 12. The van der Waals surface area contributed by atoms with Gasteiger partial charge in [0.05, 0.1) is 0 Å². The molecule has 20 heavy (non-hydrogen) atoms. The van der Waals surface area contributed by atoms with Crippen molar-refractivity contribution in [3.05, 3.63) is 24.1 Å². The molecule has 0 spiro atoms. The minimum absolute atomic E-state index is 0.0601. The summed E-state index contributed by atoms with van der Waals surface area (Å²) < 4.78 is 0. The number of carbonyl (C=O) groups excluding carboxylic acids is 2. The molecular weight excluding hydrogens is 270 g/mol. The lowest BCUT2D eigenvalue weighted by Crippen LogP contribution is -2.21. The highest BCUT2D eigenvalue weighted by atomic mass is 32.2. The van der Waals surface area contributed by atoms with Crippen molar-refractivity contribution in [3.63, 3.8) is 0 Å². The van der Waals surface area contributed by atoms with Gasteiger partial charge in [0.1, 0.15) is 0 Å². The van der Waals surface area contributed by atoms with E-state index >= 15 is 0 Å². The quantitative estimate of drug-likeness (QED) is 0.333. The van der Waals surface area contributed by atoms with Crippen molar-refractivity contribution in [2.24, 2.45) is 0 Å². The fourth-order valence-electron chi connectivity index (χ4n) is 1.63. The van der Waals surface area contributed by atoms with Gasteiger partial charge in [0, 0.05) is 19.0 Å². The summed E-state index contributed by atoms with van der Waals surface area (Å²) in [6.07, 6.45) is 11.6. The molecule has 0 aromatic heterocycles. The Kier molecular flexibility index (Phi) is 13.6. The van der Waals surface area contributed by atoms with Gasteiger partial charge in [0.2, 0.25) is 5.91 Å². The maximum atomic E-state index is 11.4. The topological polar surface area (TPSA) is 46.2 Å². The van der Waals surface area contributed by atoms with E-state index in [-0.39, 0.29) is 11.0 Å². The van der Waals surface area contributed by atoms with Crippen LogP contribution in [0.2, 0.25) is 0 Å². The molecule has 0 aromatic carbocycles. The normalized spacial score (nSPS) is 10.7. The summed E-state index contributed by atoms with van der Waals surface area (Å²) >= 11 is 1.07. The van der Waals surface area contributed by atoms with Crippen LogP contribution in [0.5, 0.6) is 0 Å². The Labute approximate surface area is 127 Å². The number of thioether (sulfide) groups is 1. The van der Waals surface area contributed by atoms with Crippen LogP contribution in [0.15, 0.2) is 24.1 Å². The second-order valence-corrected chi connectivity index (χ2v) is 5.64. The first kappa shape index (κ1) is 19.0. The zero-order valence-electron chi connectivity index (χ0n) is 12.5. The highest BCUT2D eigenvalue weighted by Gasteiger charge is 1.99. The van der Waals surface area contributed by atoms with E-state index in [0.29, 0.717) is 19.4 Å². The average molecular weight is 297 g/mol. The summed E-state index contributed by atoms with van der Waals surface area (Å²) in [6.45, 7) is 6.48. The van der Waals surface area contributed by atoms with E-state index in [4.69, 9.17) is 0 Å². The Morgan fingerprint density at radius 3 is 2.55 bits per heavy atom. The summed E-state index contributed by atoms with van der Waals surface area (Å²) in [4.78, 5) is 22.7. The zero-order chi connectivity index (χ0) is 15.1. The Balaban J connectivity index is 3.48. The average Bonchev–Trinajstić information content (AvgIpc) is 2.44. The number of amides is 1. The lowest BCUT2D eigenvalue weighted by atomic mass is 10.1. The van der Waals surface area contributed by atoms with Gasteiger partial charge in [0.25, 0.3) is 0 Å². The fraction of sp³-hybridized carbons (Fsp3) is 0.625. The van der Waals surface area contributed by atoms with Crippen LogP contribution in [0.4, 0.5) is 0 Å². The molecule has 0 radical (unpaired) electrons. The molecular formula is C16H27NO2S. The molecule has 1 N–H and O–H groups in total. The Morgan fingerprint density at radius 1 is 1.15 bits per heavy atom. The Bertz CT molecular complexity index is 314. The van der Waals surface area contributed by atoms with Crippen LogP contribution in [0.3, 0.4) is 0 Å². The van der Waals surface area contributed by atoms with Crippen LogP contribution >= 0.6 is 11.8 Å². The first-order valence-corrected chi connectivity index (χ1v) is 8.33. The maximum absolute atomic E-state index is 11.4. The smallest absolute Gasteiger partial charge is 0.244 e. The summed E-state index contributed by atoms with van der Waals surface area (Å²) in [5.41, 5.74) is 0. The van der Waals surface area contributed by atoms with Gasteiger partial charge >= 0.3 is 0 Å². The lowest BCUT2D eigenvalue weighted by Gasteiger charge is -2.02. The predicted molar refractivity (Wildman–Crippen MR) is 87.6 cm³/mol. The molecule has 0 bridgehead atoms. The van der Waals surface area contributed by atoms with Crippen molar-refractivity contribution in [1.82, 2.24) is 5.32 Å². The zero-order valence-corrected chi connectivity index (χ0v) is 13.3. The molecule has 0 heterocycles. The van der Waals surface area contributed by atoms with Gasteiger partial charge in [-0.05, 0) is 18.2 Å². The maximum Gasteiger partial charge on any atom is 0.244 e. The van der Waals surface area contributed by atoms with Gasteiger partial charge in [-0.15, -0.1) is 6.58 Å². The molecule has 3 nitrogen and oxygen atoms in total. The van der Waals surface area contributed by atoms with E-state index in [2.05, 4.69) is 18.8 Å². The first-order valence-electron chi connectivity index (χ1n) is 7.45. The fourth-order valence-corrected chi connectivity index (χ4v) is 2.21. The Morgan fingerprint density at radius 2 is 1.85 bits per heavy atom. The van der Waals surface area contributed by atoms with Gasteiger partial charge in [-0.1, -0.05) is 56.9 Å². The van der Waals surface area contributed by atoms with Gasteiger partial charge < -0.3 is 5.32 Å². The number of carbonyl (C=O) groups is 2. The lowest BCUT2D eigenvalue weighted by molar-refractivity contribution is -0.116. The van der Waals surface area contributed by atoms with Crippen LogP contribution < -0.4 is 5.32 Å². The predicted octanol–water partition coefficient (Wildman–Crippen LogP) is 4.20. The third kappa shape index (κ3) is 13.4. The molecule has 0 fully saturated rings. The molecule has 0 saturated heterocycles. The molecule has 0 saturated carbocycles. The van der Waals surface area contributed by atoms with Crippen molar-refractivity contribution < 1.29 is 9.59 Å². The molecule has 1 amide bonds. The van der Waals surface area contributed by atoms with Gasteiger partial charge in [-0.2, -0.15) is 0 Å². The monoisotopic (exact) mass is 297 g/mol. The number of hydrogen-bond donors (Lipinski definition) is 1. The van der Waals surface area contributed by atoms with Crippen LogP contribution in [-0.2, 0) is 9.59 Å². The molecule has 0 aliphatic rings. The number of hydrogen-bond acceptors (Lipinski definition) is 3. The summed E-state index contributed by atoms with van der Waals surface area (Å²) in [7, 11) is 0. The molecule has 0 aliphatic carbocycles. The highest BCUT2D eigenvalue weighted by molar-refractivity contribution is 8.16. The minimum atomic E-state index is -0.123. The second-order valence-electron chi connectivity index (χ2n) is 4.68. The van der Waals surface area contributed by atoms with Crippen LogP contribution in [0.1, 0.15) is 58.3 Å². The second kappa shape index (κ2) is 14.4. The van der Waals surface area contributed by atoms with E-state index in [9.17, 15) is 9.59 Å². The SMILES string of the molecule is C=CCCC(=O)SC=CC(=O)NCCCCCCCC. The van der Waals surface area contributed by atoms with Crippen molar-refractivity contribution in [3.8, 4) is 0 Å². The molecule has 0 aliphatic heterocycles. The summed E-state index contributed by atoms with van der Waals surface area (Å²) in [5.74, 6) is -0.123. The Hall–Kier alpha value is -1.03. The number of allylic oxidation sites excluding steroid dienone is 1. The van der Waals surface area contributed by atoms with Crippen LogP contribution in [-0.4, -0.2) is 17.6 Å². The first-order chi connectivity index (χ1) is 9.70. The van der Waals surface area contributed by atoms with Crippen molar-refractivity contribution in [1.29, 1.82) is 0 Å². The molecule has 0 rings (SSSR count). The number of unbranched alkanes of at least 4 members (excludes halogenated alkanes) is 5. The largest absolute Gasteiger partial charge is 0.353 e. The van der Waals surface area contributed by atoms with Crippen molar-refractivity contribution in [2.75, 3.05) is 6.54 Å². The van der Waals surface area contributed by atoms with Gasteiger partial charge in [0.15, 0.2) is 5.12 Å². The molecule has 114 valence electrons. The van der Waals surface area contributed by atoms with E-state index in [1.165, 1.54) is 38.2 Å². The molecule has 0 aromatic rings. The number of nitrogens with one attached hydrogen (secondary N) is 1. The molecule has 0 unspecified atom stereocenters. The summed E-state index contributed by atoms with van der Waals surface area (Å²) in [5, 5.41) is 4.44. The standard InChI is InChI=1S/C16H27NO2S/c1-3-5-7-8-9-10-13-17-15(18)12-14-20-16(19)11-6-4-2/h4,12,14H,2-3,5-11,13H2,1H3,(H,17,18). The van der Waals surface area contributed by atoms with Crippen molar-refractivity contribution in [2.45, 2.75) is 58.3 Å². The summed E-state index contributed by atoms with van der Waals surface area (Å²) in [6, 6.07) is 0. The van der Waals surface area contributed by atoms with Gasteiger partial charge in [-0.3, -0.25) is 9.59 Å². The highest BCUT2D eigenvalue weighted by Crippen LogP contribution is 2.09. The minimum Gasteiger partial charge on any atom is -0.353 e. The van der Waals surface area contributed by atoms with E-state index < -0.39 is 0 Å². The van der Waals surface area contributed by atoms with Crippen LogP contribution in [0.25, 0.3) is 0 Å². The van der Waals surface area contributed by atoms with E-state index in [1.54, 1.807) is 11.5 Å². The third-order valence-corrected chi connectivity index (χ3v) is 3.54. The van der Waals surface area contributed by atoms with Gasteiger partial charge in [-0.25, -0.2) is 0 Å². The van der Waals surface area contributed by atoms with Crippen LogP contribution in [0, 0.1) is 0 Å².